The van der Waals surface area contributed by atoms with Crippen LogP contribution in [0.1, 0.15) is 37.5 Å². The first-order valence-electron chi connectivity index (χ1n) is 8.44. The van der Waals surface area contributed by atoms with Crippen LogP contribution < -0.4 is 0 Å². The molecule has 4 nitrogen and oxygen atoms in total. The number of hydrogen-bond acceptors (Lipinski definition) is 3. The molecule has 0 bridgehead atoms. The Labute approximate surface area is 142 Å². The predicted molar refractivity (Wildman–Crippen MR) is 95.8 cm³/mol. The fraction of sp³-hybridized carbons (Fsp3) is 0.350. The summed E-state index contributed by atoms with van der Waals surface area (Å²) >= 11 is 0. The third-order valence-corrected chi connectivity index (χ3v) is 4.42. The summed E-state index contributed by atoms with van der Waals surface area (Å²) in [6.45, 7) is 4.15. The Hall–Kier alpha value is -2.17. The van der Waals surface area contributed by atoms with Crippen LogP contribution in [0.4, 0.5) is 0 Å². The highest BCUT2D eigenvalue weighted by molar-refractivity contribution is 5.64. The summed E-state index contributed by atoms with van der Waals surface area (Å²) in [5.74, 6) is 0.477. The van der Waals surface area contributed by atoms with E-state index in [1.165, 1.54) is 5.56 Å². The van der Waals surface area contributed by atoms with E-state index >= 15 is 0 Å². The minimum atomic E-state index is -0.542. The lowest BCUT2D eigenvalue weighted by Crippen LogP contribution is -2.02. The maximum absolute atomic E-state index is 9.89. The summed E-state index contributed by atoms with van der Waals surface area (Å²) in [5, 5.41) is 18.9. The topological polar surface area (TPSA) is 57.8 Å². The van der Waals surface area contributed by atoms with Gasteiger partial charge in [-0.3, -0.25) is 0 Å². The number of nitrogens with zero attached hydrogens (tertiary/aromatic N) is 2. The van der Waals surface area contributed by atoms with Gasteiger partial charge in [0.05, 0.1) is 11.8 Å². The molecule has 0 aliphatic rings. The zero-order chi connectivity index (χ0) is 17.1. The summed E-state index contributed by atoms with van der Waals surface area (Å²) < 4.78 is 1.95. The highest BCUT2D eigenvalue weighted by atomic mass is 16.3. The molecule has 1 aromatic carbocycles. The van der Waals surface area contributed by atoms with E-state index in [9.17, 15) is 5.11 Å². The average molecular weight is 324 g/mol. The molecule has 3 aromatic rings. The maximum Gasteiger partial charge on any atom is 0.143 e. The van der Waals surface area contributed by atoms with E-state index in [0.29, 0.717) is 5.92 Å². The molecule has 2 aromatic heterocycles. The Kier molecular flexibility index (Phi) is 4.97. The van der Waals surface area contributed by atoms with Crippen molar-refractivity contribution in [1.29, 1.82) is 0 Å². The summed E-state index contributed by atoms with van der Waals surface area (Å²) in [6.07, 6.45) is 5.20. The summed E-state index contributed by atoms with van der Waals surface area (Å²) in [5.41, 5.74) is 4.86. The average Bonchev–Trinajstić information content (AvgIpc) is 2.99. The molecule has 126 valence electrons. The number of aliphatic hydroxyl groups excluding tert-OH is 2. The Morgan fingerprint density at radius 1 is 1.12 bits per heavy atom. The number of rotatable bonds is 6. The molecule has 3 rings (SSSR count). The van der Waals surface area contributed by atoms with E-state index in [-0.39, 0.29) is 6.61 Å². The Bertz CT molecular complexity index is 806. The van der Waals surface area contributed by atoms with Gasteiger partial charge in [-0.15, -0.1) is 0 Å². The molecule has 0 aliphatic carbocycles. The van der Waals surface area contributed by atoms with Gasteiger partial charge in [-0.05, 0) is 37.3 Å². The Balaban J connectivity index is 1.87. The molecule has 24 heavy (non-hydrogen) atoms. The van der Waals surface area contributed by atoms with Crippen LogP contribution in [0.2, 0.25) is 0 Å². The summed E-state index contributed by atoms with van der Waals surface area (Å²) in [6, 6.07) is 12.3. The molecule has 0 saturated heterocycles. The first-order chi connectivity index (χ1) is 11.6. The van der Waals surface area contributed by atoms with Crippen LogP contribution in [0, 0.1) is 5.92 Å². The van der Waals surface area contributed by atoms with Gasteiger partial charge in [0.25, 0.3) is 0 Å². The van der Waals surface area contributed by atoms with Crippen molar-refractivity contribution in [2.75, 3.05) is 6.61 Å². The van der Waals surface area contributed by atoms with Crippen molar-refractivity contribution in [2.24, 2.45) is 5.92 Å². The van der Waals surface area contributed by atoms with Crippen molar-refractivity contribution in [3.8, 4) is 11.3 Å². The van der Waals surface area contributed by atoms with E-state index < -0.39 is 6.10 Å². The lowest BCUT2D eigenvalue weighted by molar-refractivity contribution is 0.200. The monoisotopic (exact) mass is 324 g/mol. The zero-order valence-electron chi connectivity index (χ0n) is 14.2. The smallest absolute Gasteiger partial charge is 0.143 e. The minimum Gasteiger partial charge on any atom is -0.396 e. The van der Waals surface area contributed by atoms with Crippen LogP contribution in [-0.4, -0.2) is 26.2 Å². The van der Waals surface area contributed by atoms with Crippen LogP contribution in [-0.2, 0) is 6.42 Å². The van der Waals surface area contributed by atoms with Gasteiger partial charge in [0.15, 0.2) is 0 Å². The molecule has 2 N–H and O–H groups in total. The second-order valence-corrected chi connectivity index (χ2v) is 6.52. The molecule has 2 atom stereocenters. The fourth-order valence-corrected chi connectivity index (χ4v) is 3.04. The van der Waals surface area contributed by atoms with Crippen molar-refractivity contribution in [3.05, 3.63) is 59.9 Å². The lowest BCUT2D eigenvalue weighted by Gasteiger charge is -2.09. The van der Waals surface area contributed by atoms with E-state index in [2.05, 4.69) is 31.2 Å². The van der Waals surface area contributed by atoms with Gasteiger partial charge in [0.2, 0.25) is 0 Å². The van der Waals surface area contributed by atoms with Gasteiger partial charge in [-0.25, -0.2) is 4.98 Å². The molecule has 0 radical (unpaired) electrons. The first-order valence-corrected chi connectivity index (χ1v) is 8.44. The summed E-state index contributed by atoms with van der Waals surface area (Å²) in [4.78, 5) is 4.69. The first kappa shape index (κ1) is 16.7. The summed E-state index contributed by atoms with van der Waals surface area (Å²) in [7, 11) is 0. The van der Waals surface area contributed by atoms with Gasteiger partial charge in [0.1, 0.15) is 5.65 Å². The number of benzene rings is 1. The van der Waals surface area contributed by atoms with Crippen LogP contribution in [0.3, 0.4) is 0 Å². The number of hydrogen-bond donors (Lipinski definition) is 2. The molecular weight excluding hydrogens is 300 g/mol. The lowest BCUT2D eigenvalue weighted by atomic mass is 9.97. The van der Waals surface area contributed by atoms with Crippen LogP contribution in [0.15, 0.2) is 48.8 Å². The highest BCUT2D eigenvalue weighted by Crippen LogP contribution is 2.24. The number of aliphatic hydroxyl groups is 2. The molecule has 0 spiro atoms. The van der Waals surface area contributed by atoms with Gasteiger partial charge in [-0.2, -0.15) is 0 Å². The fourth-order valence-electron chi connectivity index (χ4n) is 3.04. The van der Waals surface area contributed by atoms with Crippen LogP contribution >= 0.6 is 0 Å². The van der Waals surface area contributed by atoms with Crippen molar-refractivity contribution in [1.82, 2.24) is 9.38 Å². The molecule has 0 fully saturated rings. The molecule has 0 saturated carbocycles. The van der Waals surface area contributed by atoms with Gasteiger partial charge in [0, 0.05) is 30.1 Å². The Morgan fingerprint density at radius 2 is 1.88 bits per heavy atom. The van der Waals surface area contributed by atoms with Gasteiger partial charge in [-0.1, -0.05) is 37.3 Å². The number of fused-ring (bicyclic) bond motifs is 1. The zero-order valence-corrected chi connectivity index (χ0v) is 14.2. The number of imidazole rings is 1. The van der Waals surface area contributed by atoms with E-state index in [4.69, 9.17) is 10.1 Å². The van der Waals surface area contributed by atoms with E-state index in [1.807, 2.05) is 28.9 Å². The quantitative estimate of drug-likeness (QED) is 0.728. The molecule has 0 aliphatic heterocycles. The van der Waals surface area contributed by atoms with Crippen LogP contribution in [0.25, 0.3) is 16.9 Å². The molecule has 2 unspecified atom stereocenters. The molecule has 2 heterocycles. The van der Waals surface area contributed by atoms with E-state index in [0.717, 1.165) is 35.3 Å². The van der Waals surface area contributed by atoms with Crippen LogP contribution in [0.5, 0.6) is 0 Å². The van der Waals surface area contributed by atoms with Crippen molar-refractivity contribution >= 4 is 5.65 Å². The number of pyridine rings is 1. The minimum absolute atomic E-state index is 0.242. The van der Waals surface area contributed by atoms with Gasteiger partial charge >= 0.3 is 0 Å². The van der Waals surface area contributed by atoms with Crippen molar-refractivity contribution in [3.63, 3.8) is 0 Å². The molecule has 0 amide bonds. The third-order valence-electron chi connectivity index (χ3n) is 4.42. The normalized spacial score (nSPS) is 14.0. The SMILES string of the molecule is CC(CCO)Cc1ccc(-c2cn3cccc(C(C)O)c3n2)cc1. The van der Waals surface area contributed by atoms with Crippen molar-refractivity contribution < 1.29 is 10.2 Å². The highest BCUT2D eigenvalue weighted by Gasteiger charge is 2.11. The second kappa shape index (κ2) is 7.16. The van der Waals surface area contributed by atoms with Crippen molar-refractivity contribution in [2.45, 2.75) is 32.8 Å². The molecule has 4 heteroatoms. The predicted octanol–water partition coefficient (Wildman–Crippen LogP) is 3.62. The molecular formula is C20H24N2O2. The standard InChI is InChI=1S/C20H24N2O2/c1-14(9-11-23)12-16-5-7-17(8-6-16)19-13-22-10-3-4-18(15(2)24)20(22)21-19/h3-8,10,13-15,23-24H,9,11-12H2,1-2H3. The largest absolute Gasteiger partial charge is 0.396 e. The number of aromatic nitrogens is 2. The van der Waals surface area contributed by atoms with Gasteiger partial charge < -0.3 is 14.6 Å². The second-order valence-electron chi connectivity index (χ2n) is 6.52. The Morgan fingerprint density at radius 3 is 2.54 bits per heavy atom. The maximum atomic E-state index is 9.89. The third kappa shape index (κ3) is 3.50. The van der Waals surface area contributed by atoms with E-state index in [1.54, 1.807) is 6.92 Å².